The first-order valence-corrected chi connectivity index (χ1v) is 16.1. The molecule has 0 saturated heterocycles. The molecule has 10 rings (SSSR count). The van der Waals surface area contributed by atoms with Crippen LogP contribution >= 0.6 is 0 Å². The fourth-order valence-electron chi connectivity index (χ4n) is 5.53. The predicted molar refractivity (Wildman–Crippen MR) is 236 cm³/mol. The fraction of sp³-hybridized carbons (Fsp3) is 0. The summed E-state index contributed by atoms with van der Waals surface area (Å²) in [5.41, 5.74) is -15.4. The number of hydrogen-bond donors (Lipinski definition) is 0. The van der Waals surface area contributed by atoms with Gasteiger partial charge in [0.1, 0.15) is 11.2 Å². The van der Waals surface area contributed by atoms with Gasteiger partial charge in [0.2, 0.25) is 0 Å². The molecule has 1 aromatic heterocycles. The van der Waals surface area contributed by atoms with Crippen LogP contribution in [-0.4, -0.2) is 0 Å². The highest BCUT2D eigenvalue weighted by Crippen LogP contribution is 2.41. The highest BCUT2D eigenvalue weighted by molar-refractivity contribution is 6.09. The molecule has 10 aromatic rings. The van der Waals surface area contributed by atoms with Crippen molar-refractivity contribution < 1.29 is 55.1 Å². The van der Waals surface area contributed by atoms with E-state index in [-0.39, 0.29) is 4.90 Å². The molecule has 0 N–H and O–H groups in total. The Morgan fingerprint density at radius 3 is 1.48 bits per heavy atom. The van der Waals surface area contributed by atoms with Gasteiger partial charge in [-0.3, -0.25) is 0 Å². The van der Waals surface area contributed by atoms with E-state index in [4.69, 9.17) is 37.3 Å². The highest BCUT2D eigenvalue weighted by atomic mass is 16.3. The Balaban J connectivity index is 1.39. The second-order valence-electron chi connectivity index (χ2n) is 11.3. The van der Waals surface area contributed by atoms with Crippen LogP contribution in [0.25, 0.3) is 77.6 Å². The Bertz CT molecular complexity index is 4990. The Kier molecular flexibility index (Phi) is 3.17. The van der Waals surface area contributed by atoms with Crippen molar-refractivity contribution in [1.29, 1.82) is 0 Å². The number of fused-ring (bicyclic) bond motifs is 3. The number of furan rings is 1. The van der Waals surface area contributed by atoms with Crippen molar-refractivity contribution in [2.45, 2.75) is 0 Å². The SMILES string of the molecule is [2H]c1c([2H])c([2H])c(-c2c([2H])c([2H])c([2H])c(N(c3c([2H])c([2H])c(-c4c([2H])c([2H])c(-c5c([2H])c([2H])c([2H])c([2H])c5[2H])c(-c5c([2H])c([2H])c([2H])c([2H])c5[2H])c4[2H])c([2H])c3[2H])c3c([2H])c([2H])c(-c4c([2H])c([2H])c([2H])c5c4oc4c([2H])c([2H])c([2H])c([2H])c45)c([2H])c3[2H])c2[2H])c([2H])c1[2H]. The van der Waals surface area contributed by atoms with Gasteiger partial charge in [-0.15, -0.1) is 0 Å². The van der Waals surface area contributed by atoms with E-state index in [0.717, 1.165) is 0 Å². The number of nitrogens with zero attached hydrogens (tertiary/aromatic N) is 1. The Labute approximate surface area is 379 Å². The first kappa shape index (κ1) is 12.3. The molecule has 9 aromatic carbocycles. The number of rotatable bonds is 8. The van der Waals surface area contributed by atoms with Gasteiger partial charge >= 0.3 is 0 Å². The largest absolute Gasteiger partial charge is 0.455 e. The number of hydrogen-bond acceptors (Lipinski definition) is 2. The average Bonchev–Trinajstić information content (AvgIpc) is 1.70. The summed E-state index contributed by atoms with van der Waals surface area (Å²) in [5, 5.41) is -1.04. The minimum absolute atomic E-state index is 0.195. The van der Waals surface area contributed by atoms with Gasteiger partial charge in [-0.25, -0.2) is 0 Å². The minimum Gasteiger partial charge on any atom is -0.455 e. The lowest BCUT2D eigenvalue weighted by Gasteiger charge is -2.26. The molecule has 0 fully saturated rings. The van der Waals surface area contributed by atoms with E-state index in [1.165, 1.54) is 0 Å². The molecule has 2 nitrogen and oxygen atoms in total. The first-order chi connectivity index (χ1) is 43.2. The summed E-state index contributed by atoms with van der Waals surface area (Å²) in [6, 6.07) is -42.1. The topological polar surface area (TPSA) is 16.4 Å². The summed E-state index contributed by atoms with van der Waals surface area (Å²) in [6.07, 6.45) is 0. The van der Waals surface area contributed by atoms with Gasteiger partial charge in [0.15, 0.2) is 0 Å². The van der Waals surface area contributed by atoms with Crippen molar-refractivity contribution in [3.8, 4) is 55.6 Å². The van der Waals surface area contributed by atoms with E-state index < -0.39 is 318 Å². The predicted octanol–water partition coefficient (Wildman–Crippen LogP) is 15.4. The van der Waals surface area contributed by atoms with Crippen LogP contribution in [0, 0.1) is 0 Å². The second-order valence-corrected chi connectivity index (χ2v) is 11.3. The van der Waals surface area contributed by atoms with Crippen LogP contribution in [0.3, 0.4) is 0 Å². The maximum absolute atomic E-state index is 9.79. The van der Waals surface area contributed by atoms with Gasteiger partial charge in [0.05, 0.1) is 50.7 Å². The molecule has 0 amide bonds. The molecule has 0 bridgehead atoms. The van der Waals surface area contributed by atoms with Crippen LogP contribution in [0.5, 0.6) is 0 Å². The summed E-state index contributed by atoms with van der Waals surface area (Å²) in [7, 11) is 0. The molecular formula is C54H37NO. The Hall–Kier alpha value is -7.42. The van der Waals surface area contributed by atoms with Crippen molar-refractivity contribution in [2.24, 2.45) is 0 Å². The first-order valence-electron chi connectivity index (χ1n) is 34.6. The molecule has 56 heavy (non-hydrogen) atoms. The minimum atomic E-state index is -1.47. The smallest absolute Gasteiger partial charge is 0.143 e. The quantitative estimate of drug-likeness (QED) is 0.154. The number of benzene rings is 9. The standard InChI is InChI=1S/C54H37NO/c1-4-14-38(15-5-1)43-20-12-21-47(36-43)55(46-33-28-42(29-34-46)49-23-13-24-51-50-22-10-11-25-53(50)56-54(49)51)45-31-26-39(27-32-45)44-30-35-48(40-16-6-2-7-17-40)52(37-44)41-18-8-3-9-19-41/h1-37H/i1D,2D,3D,4D,5D,6D,7D,8D,9D,10D,11D,12D,13D,14D,15D,16D,17D,18D,19D,20D,21D,22D,23D,24D,25D,26D,27D,28D,29D,30D,31D,32D,33D,34D,35D,36D,37D. The van der Waals surface area contributed by atoms with E-state index >= 15 is 0 Å². The van der Waals surface area contributed by atoms with E-state index in [1.807, 2.05) is 0 Å². The van der Waals surface area contributed by atoms with Crippen LogP contribution in [0.4, 0.5) is 17.1 Å². The third kappa shape index (κ3) is 6.24. The molecule has 1 heterocycles. The molecular weight excluding hydrogens is 679 g/mol. The van der Waals surface area contributed by atoms with Crippen molar-refractivity contribution in [3.05, 3.63) is 224 Å². The fourth-order valence-corrected chi connectivity index (χ4v) is 5.53. The molecule has 0 spiro atoms. The number of anilines is 3. The zero-order valence-corrected chi connectivity index (χ0v) is 27.9. The lowest BCUT2D eigenvalue weighted by atomic mass is 9.91. The third-order valence-electron chi connectivity index (χ3n) is 8.01. The second kappa shape index (κ2) is 14.4. The van der Waals surface area contributed by atoms with E-state index in [2.05, 4.69) is 0 Å². The van der Waals surface area contributed by atoms with Gasteiger partial charge in [0.25, 0.3) is 0 Å². The molecule has 0 atom stereocenters. The Morgan fingerprint density at radius 2 is 0.786 bits per heavy atom. The maximum atomic E-state index is 9.79. The summed E-state index contributed by atoms with van der Waals surface area (Å²) >= 11 is 0. The number of para-hydroxylation sites is 2. The van der Waals surface area contributed by atoms with Crippen molar-refractivity contribution in [1.82, 2.24) is 0 Å². The van der Waals surface area contributed by atoms with E-state index in [9.17, 15) is 17.8 Å². The zero-order chi connectivity index (χ0) is 69.5. The van der Waals surface area contributed by atoms with E-state index in [0.29, 0.717) is 0 Å². The molecule has 2 heteroatoms. The monoisotopic (exact) mass is 753 g/mol. The molecule has 0 aliphatic heterocycles. The third-order valence-corrected chi connectivity index (χ3v) is 8.01. The summed E-state index contributed by atoms with van der Waals surface area (Å²) in [4.78, 5) is 0.195. The summed E-state index contributed by atoms with van der Waals surface area (Å²) in [6.45, 7) is 0. The van der Waals surface area contributed by atoms with Gasteiger partial charge in [-0.2, -0.15) is 0 Å². The van der Waals surface area contributed by atoms with Crippen LogP contribution in [0.1, 0.15) is 50.7 Å². The van der Waals surface area contributed by atoms with Gasteiger partial charge < -0.3 is 9.32 Å². The zero-order valence-electron chi connectivity index (χ0n) is 64.9. The lowest BCUT2D eigenvalue weighted by molar-refractivity contribution is 0.670. The van der Waals surface area contributed by atoms with Crippen LogP contribution in [0.15, 0.2) is 228 Å². The summed E-state index contributed by atoms with van der Waals surface area (Å²) in [5.74, 6) is 0. The molecule has 0 aliphatic rings. The Morgan fingerprint density at radius 1 is 0.304 bits per heavy atom. The van der Waals surface area contributed by atoms with Crippen LogP contribution < -0.4 is 4.90 Å². The molecule has 0 unspecified atom stereocenters. The normalized spacial score (nSPS) is 20.5. The van der Waals surface area contributed by atoms with Gasteiger partial charge in [0, 0.05) is 33.4 Å². The summed E-state index contributed by atoms with van der Waals surface area (Å²) < 4.78 is 339. The van der Waals surface area contributed by atoms with Gasteiger partial charge in [-0.1, -0.05) is 175 Å². The maximum Gasteiger partial charge on any atom is 0.143 e. The molecule has 0 radical (unpaired) electrons. The van der Waals surface area contributed by atoms with Crippen molar-refractivity contribution in [2.75, 3.05) is 4.90 Å². The van der Waals surface area contributed by atoms with E-state index in [1.54, 1.807) is 0 Å². The molecule has 0 saturated carbocycles. The average molecular weight is 753 g/mol. The van der Waals surface area contributed by atoms with Crippen molar-refractivity contribution >= 4 is 39.0 Å². The lowest BCUT2D eigenvalue weighted by Crippen LogP contribution is -2.10. The van der Waals surface area contributed by atoms with Crippen LogP contribution in [-0.2, 0) is 0 Å². The van der Waals surface area contributed by atoms with Gasteiger partial charge in [-0.05, 0) is 98.4 Å². The molecule has 0 aliphatic carbocycles. The highest BCUT2D eigenvalue weighted by Gasteiger charge is 2.17. The molecule has 264 valence electrons. The van der Waals surface area contributed by atoms with Crippen molar-refractivity contribution in [3.63, 3.8) is 0 Å². The van der Waals surface area contributed by atoms with Crippen LogP contribution in [0.2, 0.25) is 0 Å².